The quantitative estimate of drug-likeness (QED) is 0.116. The molecular formula is C40H49Cl2N5O3. The van der Waals surface area contributed by atoms with Crippen LogP contribution in [0.15, 0.2) is 54.6 Å². The Balaban J connectivity index is 0.00000432. The smallest absolute Gasteiger partial charge is 0.355 e. The first kappa shape index (κ1) is 36.2. The van der Waals surface area contributed by atoms with Crippen LogP contribution in [0.4, 0.5) is 0 Å². The lowest BCUT2D eigenvalue weighted by Gasteiger charge is -2.37. The molecule has 7 rings (SSSR count). The number of aromatic nitrogens is 3. The van der Waals surface area contributed by atoms with Crippen LogP contribution in [0.25, 0.3) is 32.8 Å². The number of hydrogen-bond acceptors (Lipinski definition) is 6. The van der Waals surface area contributed by atoms with Gasteiger partial charge in [-0.15, -0.1) is 12.4 Å². The zero-order valence-corrected chi connectivity index (χ0v) is 31.6. The third kappa shape index (κ3) is 6.88. The Kier molecular flexibility index (Phi) is 10.3. The van der Waals surface area contributed by atoms with E-state index in [1.54, 1.807) is 0 Å². The molecule has 1 saturated carbocycles. The van der Waals surface area contributed by atoms with Crippen LogP contribution in [0.1, 0.15) is 67.5 Å². The van der Waals surface area contributed by atoms with Gasteiger partial charge in [-0.2, -0.15) is 5.10 Å². The van der Waals surface area contributed by atoms with E-state index in [1.165, 1.54) is 12.8 Å². The fourth-order valence-electron chi connectivity index (χ4n) is 7.75. The summed E-state index contributed by atoms with van der Waals surface area (Å²) in [5, 5.41) is 12.3. The molecule has 5 aromatic rings. The van der Waals surface area contributed by atoms with Crippen molar-refractivity contribution in [3.63, 3.8) is 0 Å². The van der Waals surface area contributed by atoms with Gasteiger partial charge in [-0.3, -0.25) is 9.58 Å². The number of aryl methyl sites for hydroxylation is 3. The largest absolute Gasteiger partial charge is 0.493 e. The number of nitrogens with one attached hydrogen (secondary N) is 1. The highest BCUT2D eigenvalue weighted by molar-refractivity contribution is 6.35. The second-order valence-corrected chi connectivity index (χ2v) is 15.2. The number of rotatable bonds is 10. The van der Waals surface area contributed by atoms with E-state index >= 15 is 0 Å². The SMILES string of the molecule is Cc1nn(C)c(C)c1-c1c(Cl)ccc2c(CCCOc3cccc4ccccc34)c(C(=O)OC(C)(C)C)n(CCN3CCNCC34CC4)c12.Cl. The molecule has 8 nitrogen and oxygen atoms in total. The van der Waals surface area contributed by atoms with Gasteiger partial charge < -0.3 is 19.4 Å². The van der Waals surface area contributed by atoms with E-state index < -0.39 is 5.60 Å². The first-order valence-electron chi connectivity index (χ1n) is 17.6. The van der Waals surface area contributed by atoms with Gasteiger partial charge in [0.25, 0.3) is 0 Å². The number of carbonyl (C=O) groups excluding carboxylic acids is 1. The number of hydrogen-bond donors (Lipinski definition) is 1. The molecule has 2 aromatic heterocycles. The zero-order chi connectivity index (χ0) is 34.5. The number of esters is 1. The van der Waals surface area contributed by atoms with E-state index in [1.807, 2.05) is 69.8 Å². The molecular weight excluding hydrogens is 669 g/mol. The minimum Gasteiger partial charge on any atom is -0.493 e. The summed E-state index contributed by atoms with van der Waals surface area (Å²) >= 11 is 7.15. The van der Waals surface area contributed by atoms with Gasteiger partial charge in [-0.1, -0.05) is 54.1 Å². The molecule has 1 aliphatic carbocycles. The lowest BCUT2D eigenvalue weighted by Crippen LogP contribution is -2.53. The molecule has 266 valence electrons. The Morgan fingerprint density at radius 2 is 1.76 bits per heavy atom. The zero-order valence-electron chi connectivity index (χ0n) is 30.1. The molecule has 0 bridgehead atoms. The monoisotopic (exact) mass is 717 g/mol. The molecule has 0 atom stereocenters. The van der Waals surface area contributed by atoms with Crippen LogP contribution in [0.3, 0.4) is 0 Å². The number of fused-ring (bicyclic) bond motifs is 2. The highest BCUT2D eigenvalue weighted by Crippen LogP contribution is 2.44. The van der Waals surface area contributed by atoms with Crippen LogP contribution in [-0.4, -0.2) is 69.1 Å². The maximum Gasteiger partial charge on any atom is 0.355 e. The summed E-state index contributed by atoms with van der Waals surface area (Å²) in [5.41, 5.74) is 6.01. The Morgan fingerprint density at radius 1 is 1.00 bits per heavy atom. The number of nitrogens with zero attached hydrogens (tertiary/aromatic N) is 4. The van der Waals surface area contributed by atoms with Gasteiger partial charge in [-0.05, 0) is 83.4 Å². The fourth-order valence-corrected chi connectivity index (χ4v) is 7.99. The van der Waals surface area contributed by atoms with E-state index in [-0.39, 0.29) is 23.9 Å². The average Bonchev–Trinajstić information content (AvgIpc) is 3.69. The van der Waals surface area contributed by atoms with Crippen LogP contribution in [0, 0.1) is 13.8 Å². The van der Waals surface area contributed by atoms with Crippen LogP contribution in [-0.2, 0) is 24.8 Å². The molecule has 1 saturated heterocycles. The normalized spacial score (nSPS) is 15.8. The molecule has 1 N–H and O–H groups in total. The van der Waals surface area contributed by atoms with Crippen LogP contribution in [0.5, 0.6) is 5.75 Å². The molecule has 3 aromatic carbocycles. The summed E-state index contributed by atoms with van der Waals surface area (Å²) in [6.07, 6.45) is 3.78. The molecule has 1 aliphatic heterocycles. The second-order valence-electron chi connectivity index (χ2n) is 14.8. The molecule has 0 unspecified atom stereocenters. The number of carbonyl (C=O) groups is 1. The highest BCUT2D eigenvalue weighted by atomic mass is 35.5. The third-order valence-electron chi connectivity index (χ3n) is 10.3. The molecule has 1 spiro atoms. The lowest BCUT2D eigenvalue weighted by atomic mass is 9.98. The molecule has 10 heteroatoms. The van der Waals surface area contributed by atoms with E-state index in [0.717, 1.165) is 88.1 Å². The summed E-state index contributed by atoms with van der Waals surface area (Å²) in [6, 6.07) is 18.5. The summed E-state index contributed by atoms with van der Waals surface area (Å²) in [6.45, 7) is 14.9. The summed E-state index contributed by atoms with van der Waals surface area (Å²) in [7, 11) is 1.96. The highest BCUT2D eigenvalue weighted by Gasteiger charge is 2.48. The Morgan fingerprint density at radius 3 is 2.48 bits per heavy atom. The van der Waals surface area contributed by atoms with E-state index in [9.17, 15) is 4.79 Å². The standard InChI is InChI=1S/C40H48ClN5O3.ClH/c1-26-34(27(2)44(6)43-26)35-32(41)17-16-31-30(14-10-24-48-33-15-9-12-28-11-7-8-13-29(28)33)37(38(47)49-39(3,4)5)46(36(31)35)23-22-45-21-20-42-25-40(45)18-19-40;/h7-9,11-13,15-17,42H,10,14,18-25H2,1-6H3;1H. The van der Waals surface area contributed by atoms with Gasteiger partial charge >= 0.3 is 5.97 Å². The average molecular weight is 719 g/mol. The van der Waals surface area contributed by atoms with Crippen LogP contribution < -0.4 is 10.1 Å². The van der Waals surface area contributed by atoms with Crippen molar-refractivity contribution in [1.82, 2.24) is 24.6 Å². The molecule has 3 heterocycles. The third-order valence-corrected chi connectivity index (χ3v) is 10.6. The van der Waals surface area contributed by atoms with Crippen LogP contribution in [0.2, 0.25) is 5.02 Å². The fraction of sp³-hybridized carbons (Fsp3) is 0.450. The van der Waals surface area contributed by atoms with Crippen molar-refractivity contribution >= 4 is 51.7 Å². The van der Waals surface area contributed by atoms with Crippen molar-refractivity contribution < 1.29 is 14.3 Å². The summed E-state index contributed by atoms with van der Waals surface area (Å²) in [5.74, 6) is 0.561. The molecule has 50 heavy (non-hydrogen) atoms. The Bertz CT molecular complexity index is 2030. The lowest BCUT2D eigenvalue weighted by molar-refractivity contribution is 0.00557. The van der Waals surface area contributed by atoms with Crippen molar-refractivity contribution in [3.8, 4) is 16.9 Å². The van der Waals surface area contributed by atoms with Gasteiger partial charge in [-0.25, -0.2) is 4.79 Å². The molecule has 2 fully saturated rings. The predicted molar refractivity (Wildman–Crippen MR) is 205 cm³/mol. The first-order valence-corrected chi connectivity index (χ1v) is 18.0. The van der Waals surface area contributed by atoms with Gasteiger partial charge in [0.15, 0.2) is 0 Å². The maximum atomic E-state index is 14.4. The van der Waals surface area contributed by atoms with Crippen molar-refractivity contribution in [3.05, 3.63) is 82.3 Å². The minimum absolute atomic E-state index is 0. The Hall–Kier alpha value is -3.56. The minimum atomic E-state index is -0.652. The van der Waals surface area contributed by atoms with Gasteiger partial charge in [0.2, 0.25) is 0 Å². The summed E-state index contributed by atoms with van der Waals surface area (Å²) in [4.78, 5) is 17.0. The number of benzene rings is 3. The topological polar surface area (TPSA) is 73.6 Å². The summed E-state index contributed by atoms with van der Waals surface area (Å²) < 4.78 is 16.7. The van der Waals surface area contributed by atoms with Crippen molar-refractivity contribution in [2.75, 3.05) is 32.8 Å². The van der Waals surface area contributed by atoms with E-state index in [4.69, 9.17) is 26.2 Å². The molecule has 0 radical (unpaired) electrons. The van der Waals surface area contributed by atoms with Crippen molar-refractivity contribution in [1.29, 1.82) is 0 Å². The second kappa shape index (κ2) is 14.2. The first-order chi connectivity index (χ1) is 23.5. The van der Waals surface area contributed by atoms with Crippen LogP contribution >= 0.6 is 24.0 Å². The number of piperazine rings is 1. The van der Waals surface area contributed by atoms with Gasteiger partial charge in [0.1, 0.15) is 17.0 Å². The maximum absolute atomic E-state index is 14.4. The molecule has 0 amide bonds. The molecule has 2 aliphatic rings. The number of ether oxygens (including phenoxy) is 2. The van der Waals surface area contributed by atoms with E-state index in [2.05, 4.69) is 46.0 Å². The van der Waals surface area contributed by atoms with Gasteiger partial charge in [0.05, 0.1) is 22.8 Å². The Labute approximate surface area is 306 Å². The van der Waals surface area contributed by atoms with E-state index in [0.29, 0.717) is 30.3 Å². The number of halogens is 2. The van der Waals surface area contributed by atoms with Crippen molar-refractivity contribution in [2.24, 2.45) is 7.05 Å². The predicted octanol–water partition coefficient (Wildman–Crippen LogP) is 8.29. The van der Waals surface area contributed by atoms with Gasteiger partial charge in [0, 0.05) is 72.9 Å². The van der Waals surface area contributed by atoms with Crippen molar-refractivity contribution in [2.45, 2.75) is 78.0 Å².